The number of likely N-dealkylation sites (tertiary alicyclic amines) is 1. The number of nitrogens with zero attached hydrogens (tertiary/aromatic N) is 5. The van der Waals surface area contributed by atoms with Crippen molar-refractivity contribution in [2.75, 3.05) is 31.1 Å². The molecule has 3 fully saturated rings. The highest BCUT2D eigenvalue weighted by Gasteiger charge is 2.42. The Hall–Kier alpha value is -2.44. The zero-order valence-corrected chi connectivity index (χ0v) is 16.9. The predicted molar refractivity (Wildman–Crippen MR) is 106 cm³/mol. The van der Waals surface area contributed by atoms with E-state index in [0.717, 1.165) is 37.7 Å². The molecule has 148 valence electrons. The molecule has 4 heterocycles. The largest absolute Gasteiger partial charge is 0.356 e. The fourth-order valence-corrected chi connectivity index (χ4v) is 4.46. The number of hydrogen-bond acceptors (Lipinski definition) is 5. The summed E-state index contributed by atoms with van der Waals surface area (Å²) in [4.78, 5) is 26.2. The normalized spacial score (nSPS) is 24.7. The number of nitrogens with one attached hydrogen (secondary N) is 1. The molecule has 1 N–H and O–H groups in total. The zero-order valence-electron chi connectivity index (χ0n) is 16.9. The Kier molecular flexibility index (Phi) is 3.96. The van der Waals surface area contributed by atoms with Gasteiger partial charge in [0.2, 0.25) is 0 Å². The number of amides is 1. The minimum atomic E-state index is -0.0373. The molecule has 3 aliphatic rings. The lowest BCUT2D eigenvalue weighted by Gasteiger charge is -2.22. The molecule has 1 amide bonds. The van der Waals surface area contributed by atoms with Crippen LogP contribution >= 0.6 is 0 Å². The van der Waals surface area contributed by atoms with Gasteiger partial charge in [-0.2, -0.15) is 5.10 Å². The van der Waals surface area contributed by atoms with Crippen LogP contribution in [0, 0.1) is 11.8 Å². The van der Waals surface area contributed by atoms with Crippen LogP contribution in [0.2, 0.25) is 0 Å². The van der Waals surface area contributed by atoms with Crippen LogP contribution in [-0.2, 0) is 5.41 Å². The summed E-state index contributed by atoms with van der Waals surface area (Å²) in [6.07, 6.45) is 4.21. The van der Waals surface area contributed by atoms with Crippen molar-refractivity contribution in [1.82, 2.24) is 25.1 Å². The Morgan fingerprint density at radius 3 is 2.39 bits per heavy atom. The Labute approximate surface area is 165 Å². The lowest BCUT2D eigenvalue weighted by molar-refractivity contribution is 0.0776. The van der Waals surface area contributed by atoms with Crippen LogP contribution in [0.1, 0.15) is 61.4 Å². The Bertz CT molecular complexity index is 882. The topological polar surface area (TPSA) is 78.0 Å². The maximum absolute atomic E-state index is 12.9. The molecule has 1 aliphatic carbocycles. The van der Waals surface area contributed by atoms with Gasteiger partial charge in [0.15, 0.2) is 0 Å². The smallest absolute Gasteiger partial charge is 0.274 e. The summed E-state index contributed by atoms with van der Waals surface area (Å²) < 4.78 is 0. The molecule has 2 atom stereocenters. The van der Waals surface area contributed by atoms with E-state index < -0.39 is 0 Å². The summed E-state index contributed by atoms with van der Waals surface area (Å²) >= 11 is 0. The molecule has 0 radical (unpaired) electrons. The molecule has 2 saturated heterocycles. The van der Waals surface area contributed by atoms with Crippen LogP contribution in [0.15, 0.2) is 18.5 Å². The van der Waals surface area contributed by atoms with Crippen molar-refractivity contribution in [3.05, 3.63) is 35.5 Å². The number of rotatable bonds is 3. The van der Waals surface area contributed by atoms with Crippen LogP contribution in [0.5, 0.6) is 0 Å². The lowest BCUT2D eigenvalue weighted by atomic mass is 9.92. The summed E-state index contributed by atoms with van der Waals surface area (Å²) in [6, 6.07) is 4.07. The summed E-state index contributed by atoms with van der Waals surface area (Å²) in [7, 11) is 0. The molecule has 2 aromatic rings. The third-order valence-electron chi connectivity index (χ3n) is 6.37. The Morgan fingerprint density at radius 2 is 1.79 bits per heavy atom. The maximum Gasteiger partial charge on any atom is 0.274 e. The number of aromatic nitrogens is 4. The number of carbonyl (C=O) groups is 1. The van der Waals surface area contributed by atoms with Gasteiger partial charge in [-0.3, -0.25) is 9.89 Å². The second-order valence-electron chi connectivity index (χ2n) is 9.63. The molecule has 0 spiro atoms. The summed E-state index contributed by atoms with van der Waals surface area (Å²) in [5.41, 5.74) is 2.68. The second-order valence-corrected chi connectivity index (χ2v) is 9.63. The van der Waals surface area contributed by atoms with Crippen molar-refractivity contribution in [3.8, 4) is 0 Å². The van der Waals surface area contributed by atoms with Crippen molar-refractivity contribution in [2.45, 2.75) is 44.9 Å². The van der Waals surface area contributed by atoms with E-state index in [2.05, 4.69) is 51.9 Å². The van der Waals surface area contributed by atoms with Gasteiger partial charge in [-0.15, -0.1) is 0 Å². The highest BCUT2D eigenvalue weighted by molar-refractivity contribution is 5.92. The van der Waals surface area contributed by atoms with E-state index in [4.69, 9.17) is 0 Å². The molecule has 1 saturated carbocycles. The third kappa shape index (κ3) is 3.16. The third-order valence-corrected chi connectivity index (χ3v) is 6.37. The number of carbonyl (C=O) groups excluding carboxylic acids is 1. The standard InChI is InChI=1S/C21H28N6O/c1-21(2,3)18-6-17(24-25-18)20(28)27-10-14-8-26(9-15(14)11-27)19-7-16(13-4-5-13)22-12-23-19/h6-7,12-15H,4-5,8-11H2,1-3H3,(H,24,25). The molecule has 2 unspecified atom stereocenters. The van der Waals surface area contributed by atoms with Crippen LogP contribution in [0.4, 0.5) is 5.82 Å². The first-order valence-corrected chi connectivity index (χ1v) is 10.3. The quantitative estimate of drug-likeness (QED) is 0.885. The van der Waals surface area contributed by atoms with E-state index >= 15 is 0 Å². The number of anilines is 1. The van der Waals surface area contributed by atoms with Crippen LogP contribution in [0.25, 0.3) is 0 Å². The number of fused-ring (bicyclic) bond motifs is 1. The van der Waals surface area contributed by atoms with Crippen molar-refractivity contribution < 1.29 is 4.79 Å². The van der Waals surface area contributed by atoms with E-state index in [1.54, 1.807) is 6.33 Å². The summed E-state index contributed by atoms with van der Waals surface area (Å²) in [5, 5.41) is 7.30. The van der Waals surface area contributed by atoms with Gasteiger partial charge in [-0.1, -0.05) is 20.8 Å². The van der Waals surface area contributed by atoms with Gasteiger partial charge in [0, 0.05) is 66.8 Å². The predicted octanol–water partition coefficient (Wildman–Crippen LogP) is 2.58. The van der Waals surface area contributed by atoms with E-state index in [9.17, 15) is 4.79 Å². The molecule has 28 heavy (non-hydrogen) atoms. The lowest BCUT2D eigenvalue weighted by Crippen LogP contribution is -2.33. The van der Waals surface area contributed by atoms with Gasteiger partial charge >= 0.3 is 0 Å². The fraction of sp³-hybridized carbons (Fsp3) is 0.619. The average molecular weight is 380 g/mol. The highest BCUT2D eigenvalue weighted by atomic mass is 16.2. The fourth-order valence-electron chi connectivity index (χ4n) is 4.46. The molecule has 0 bridgehead atoms. The van der Waals surface area contributed by atoms with Crippen LogP contribution < -0.4 is 4.90 Å². The van der Waals surface area contributed by atoms with Crippen LogP contribution in [-0.4, -0.2) is 57.2 Å². The first-order chi connectivity index (χ1) is 13.4. The van der Waals surface area contributed by atoms with Crippen molar-refractivity contribution in [3.63, 3.8) is 0 Å². The molecular weight excluding hydrogens is 352 g/mol. The molecular formula is C21H28N6O. The van der Waals surface area contributed by atoms with Gasteiger partial charge in [0.1, 0.15) is 17.8 Å². The van der Waals surface area contributed by atoms with Crippen molar-refractivity contribution >= 4 is 11.7 Å². The van der Waals surface area contributed by atoms with Gasteiger partial charge in [0.25, 0.3) is 5.91 Å². The molecule has 0 aromatic carbocycles. The number of aromatic amines is 1. The first kappa shape index (κ1) is 17.6. The molecule has 7 heteroatoms. The minimum absolute atomic E-state index is 0.0373. The molecule has 2 aromatic heterocycles. The summed E-state index contributed by atoms with van der Waals surface area (Å²) in [6.45, 7) is 9.88. The maximum atomic E-state index is 12.9. The molecule has 7 nitrogen and oxygen atoms in total. The minimum Gasteiger partial charge on any atom is -0.356 e. The zero-order chi connectivity index (χ0) is 19.5. The Balaban J connectivity index is 1.24. The van der Waals surface area contributed by atoms with Crippen molar-refractivity contribution in [2.24, 2.45) is 11.8 Å². The van der Waals surface area contributed by atoms with E-state index in [-0.39, 0.29) is 11.3 Å². The number of H-pyrrole nitrogens is 1. The van der Waals surface area contributed by atoms with E-state index in [0.29, 0.717) is 23.4 Å². The average Bonchev–Trinajstić information content (AvgIpc) is 3.07. The van der Waals surface area contributed by atoms with Gasteiger partial charge < -0.3 is 9.80 Å². The van der Waals surface area contributed by atoms with Crippen LogP contribution in [0.3, 0.4) is 0 Å². The van der Waals surface area contributed by atoms with E-state index in [1.807, 2.05) is 11.0 Å². The van der Waals surface area contributed by atoms with E-state index in [1.165, 1.54) is 18.5 Å². The van der Waals surface area contributed by atoms with Gasteiger partial charge in [-0.25, -0.2) is 9.97 Å². The van der Waals surface area contributed by atoms with Gasteiger partial charge in [0.05, 0.1) is 0 Å². The Morgan fingerprint density at radius 1 is 1.07 bits per heavy atom. The number of hydrogen-bond donors (Lipinski definition) is 1. The highest BCUT2D eigenvalue weighted by Crippen LogP contribution is 2.40. The molecule has 5 rings (SSSR count). The first-order valence-electron chi connectivity index (χ1n) is 10.3. The van der Waals surface area contributed by atoms with Gasteiger partial charge in [-0.05, 0) is 18.9 Å². The molecule has 2 aliphatic heterocycles. The second kappa shape index (κ2) is 6.29. The summed E-state index contributed by atoms with van der Waals surface area (Å²) in [5.74, 6) is 2.74. The van der Waals surface area contributed by atoms with Crippen molar-refractivity contribution in [1.29, 1.82) is 0 Å². The monoisotopic (exact) mass is 380 g/mol. The SMILES string of the molecule is CC(C)(C)c1cc(C(=O)N2CC3CN(c4cc(C5CC5)ncn4)CC3C2)n[nH]1.